The minimum Gasteiger partial charge on any atom is -0.320 e. The largest absolute Gasteiger partial charge is 0.320 e. The number of rotatable bonds is 3. The predicted molar refractivity (Wildman–Crippen MR) is 69.2 cm³/mol. The van der Waals surface area contributed by atoms with E-state index in [-0.39, 0.29) is 10.7 Å². The van der Waals surface area contributed by atoms with Gasteiger partial charge in [0, 0.05) is 18.1 Å². The monoisotopic (exact) mass is 263 g/mol. The molecule has 0 saturated heterocycles. The summed E-state index contributed by atoms with van der Waals surface area (Å²) in [6.07, 6.45) is 3.14. The number of aromatic nitrogens is 2. The highest BCUT2D eigenvalue weighted by Gasteiger charge is 2.13. The van der Waals surface area contributed by atoms with Crippen LogP contribution in [0.3, 0.4) is 0 Å². The third kappa shape index (κ3) is 2.73. The first kappa shape index (κ1) is 12.3. The van der Waals surface area contributed by atoms with E-state index in [4.69, 9.17) is 17.4 Å². The van der Waals surface area contributed by atoms with Crippen LogP contribution in [-0.2, 0) is 0 Å². The highest BCUT2D eigenvalue weighted by Crippen LogP contribution is 2.17. The van der Waals surface area contributed by atoms with Crippen LogP contribution in [0.1, 0.15) is 10.5 Å². The summed E-state index contributed by atoms with van der Waals surface area (Å²) in [5.74, 6) is 5.17. The number of amides is 1. The summed E-state index contributed by atoms with van der Waals surface area (Å²) in [4.78, 5) is 19.8. The van der Waals surface area contributed by atoms with E-state index in [0.717, 1.165) is 0 Å². The van der Waals surface area contributed by atoms with Crippen LogP contribution in [0.15, 0.2) is 36.7 Å². The molecule has 2 aromatic rings. The van der Waals surface area contributed by atoms with Crippen molar-refractivity contribution in [1.82, 2.24) is 9.97 Å². The number of halogens is 1. The molecule has 1 amide bonds. The fourth-order valence-electron chi connectivity index (χ4n) is 1.31. The SMILES string of the molecule is NNc1ccc(Cl)c(C(=O)Nc2ccncc2)n1. The van der Waals surface area contributed by atoms with Gasteiger partial charge in [0.15, 0.2) is 0 Å². The number of hydrazine groups is 1. The molecule has 0 aliphatic rings. The molecule has 0 saturated carbocycles. The minimum atomic E-state index is -0.414. The Morgan fingerprint density at radius 3 is 2.61 bits per heavy atom. The van der Waals surface area contributed by atoms with Crippen molar-refractivity contribution in [2.24, 2.45) is 5.84 Å². The fraction of sp³-hybridized carbons (Fsp3) is 0. The van der Waals surface area contributed by atoms with Gasteiger partial charge in [0.25, 0.3) is 5.91 Å². The first-order chi connectivity index (χ1) is 8.70. The average molecular weight is 264 g/mol. The van der Waals surface area contributed by atoms with Gasteiger partial charge in [0.1, 0.15) is 11.5 Å². The van der Waals surface area contributed by atoms with Gasteiger partial charge in [-0.15, -0.1) is 0 Å². The molecule has 0 atom stereocenters. The van der Waals surface area contributed by atoms with Gasteiger partial charge in [-0.05, 0) is 24.3 Å². The normalized spacial score (nSPS) is 9.89. The summed E-state index contributed by atoms with van der Waals surface area (Å²) < 4.78 is 0. The number of hydrogen-bond donors (Lipinski definition) is 3. The Balaban J connectivity index is 2.23. The summed E-state index contributed by atoms with van der Waals surface area (Å²) in [6.45, 7) is 0. The van der Waals surface area contributed by atoms with Crippen LogP contribution in [0.5, 0.6) is 0 Å². The molecule has 0 unspecified atom stereocenters. The van der Waals surface area contributed by atoms with Gasteiger partial charge < -0.3 is 10.7 Å². The Bertz CT molecular complexity index is 561. The van der Waals surface area contributed by atoms with E-state index < -0.39 is 5.91 Å². The lowest BCUT2D eigenvalue weighted by Crippen LogP contribution is -2.16. The first-order valence-corrected chi connectivity index (χ1v) is 5.43. The third-order valence-electron chi connectivity index (χ3n) is 2.15. The molecule has 18 heavy (non-hydrogen) atoms. The maximum atomic E-state index is 12.0. The van der Waals surface area contributed by atoms with Gasteiger partial charge >= 0.3 is 0 Å². The lowest BCUT2D eigenvalue weighted by molar-refractivity contribution is 0.102. The van der Waals surface area contributed by atoms with Crippen molar-refractivity contribution in [1.29, 1.82) is 0 Å². The summed E-state index contributed by atoms with van der Waals surface area (Å²) >= 11 is 5.91. The Hall–Kier alpha value is -2.18. The molecule has 7 heteroatoms. The van der Waals surface area contributed by atoms with Crippen LogP contribution < -0.4 is 16.6 Å². The van der Waals surface area contributed by atoms with Gasteiger partial charge in [0.2, 0.25) is 0 Å². The van der Waals surface area contributed by atoms with Crippen molar-refractivity contribution in [2.45, 2.75) is 0 Å². The Morgan fingerprint density at radius 1 is 1.22 bits per heavy atom. The second-order valence-electron chi connectivity index (χ2n) is 3.36. The van der Waals surface area contributed by atoms with Crippen molar-refractivity contribution < 1.29 is 4.79 Å². The first-order valence-electron chi connectivity index (χ1n) is 5.05. The predicted octanol–water partition coefficient (Wildman–Crippen LogP) is 1.67. The van der Waals surface area contributed by atoms with Crippen LogP contribution in [0.2, 0.25) is 5.02 Å². The molecule has 0 aliphatic heterocycles. The zero-order valence-electron chi connectivity index (χ0n) is 9.22. The number of anilines is 2. The van der Waals surface area contributed by atoms with Crippen LogP contribution in [0, 0.1) is 0 Å². The number of nitrogen functional groups attached to an aromatic ring is 1. The molecule has 0 spiro atoms. The van der Waals surface area contributed by atoms with Crippen molar-refractivity contribution >= 4 is 29.0 Å². The summed E-state index contributed by atoms with van der Waals surface area (Å²) in [7, 11) is 0. The van der Waals surface area contributed by atoms with Gasteiger partial charge in [-0.3, -0.25) is 9.78 Å². The molecule has 0 aliphatic carbocycles. The van der Waals surface area contributed by atoms with Crippen molar-refractivity contribution in [2.75, 3.05) is 10.7 Å². The molecule has 92 valence electrons. The van der Waals surface area contributed by atoms with Gasteiger partial charge in [-0.1, -0.05) is 11.6 Å². The summed E-state index contributed by atoms with van der Waals surface area (Å²) in [5, 5.41) is 2.91. The highest BCUT2D eigenvalue weighted by molar-refractivity contribution is 6.34. The number of carbonyl (C=O) groups is 1. The number of nitrogens with one attached hydrogen (secondary N) is 2. The zero-order chi connectivity index (χ0) is 13.0. The standard InChI is InChI=1S/C11H10ClN5O/c12-8-1-2-9(17-13)16-10(8)11(18)15-7-3-5-14-6-4-7/h1-6H,13H2,(H,16,17)(H,14,15,18). The number of pyridine rings is 2. The lowest BCUT2D eigenvalue weighted by Gasteiger charge is -2.07. The molecular formula is C11H10ClN5O. The fourth-order valence-corrected chi connectivity index (χ4v) is 1.50. The van der Waals surface area contributed by atoms with E-state index in [1.54, 1.807) is 36.7 Å². The zero-order valence-corrected chi connectivity index (χ0v) is 9.98. The van der Waals surface area contributed by atoms with E-state index in [1.165, 1.54) is 0 Å². The lowest BCUT2D eigenvalue weighted by atomic mass is 10.3. The van der Waals surface area contributed by atoms with Crippen molar-refractivity contribution in [3.8, 4) is 0 Å². The summed E-state index contributed by atoms with van der Waals surface area (Å²) in [6, 6.07) is 6.45. The second kappa shape index (κ2) is 5.44. The molecule has 0 fully saturated rings. The Morgan fingerprint density at radius 2 is 1.94 bits per heavy atom. The second-order valence-corrected chi connectivity index (χ2v) is 3.77. The maximum Gasteiger partial charge on any atom is 0.275 e. The number of carbonyl (C=O) groups excluding carboxylic acids is 1. The molecule has 2 rings (SSSR count). The maximum absolute atomic E-state index is 12.0. The molecular weight excluding hydrogens is 254 g/mol. The average Bonchev–Trinajstić information content (AvgIpc) is 2.40. The van der Waals surface area contributed by atoms with E-state index in [2.05, 4.69) is 20.7 Å². The Kier molecular flexibility index (Phi) is 3.71. The smallest absolute Gasteiger partial charge is 0.275 e. The summed E-state index contributed by atoms with van der Waals surface area (Å²) in [5.41, 5.74) is 3.06. The molecule has 2 aromatic heterocycles. The number of nitrogens with two attached hydrogens (primary N) is 1. The third-order valence-corrected chi connectivity index (χ3v) is 2.45. The molecule has 0 bridgehead atoms. The van der Waals surface area contributed by atoms with Crippen LogP contribution >= 0.6 is 11.6 Å². The number of hydrogen-bond acceptors (Lipinski definition) is 5. The molecule has 6 nitrogen and oxygen atoms in total. The topological polar surface area (TPSA) is 92.9 Å². The van der Waals surface area contributed by atoms with Gasteiger partial charge in [0.05, 0.1) is 5.02 Å². The van der Waals surface area contributed by atoms with Crippen LogP contribution in [0.25, 0.3) is 0 Å². The van der Waals surface area contributed by atoms with E-state index >= 15 is 0 Å². The molecule has 0 radical (unpaired) electrons. The quantitative estimate of drug-likeness (QED) is 0.579. The molecule has 2 heterocycles. The van der Waals surface area contributed by atoms with Gasteiger partial charge in [-0.25, -0.2) is 10.8 Å². The molecule has 4 N–H and O–H groups in total. The minimum absolute atomic E-state index is 0.101. The van der Waals surface area contributed by atoms with E-state index in [0.29, 0.717) is 11.5 Å². The van der Waals surface area contributed by atoms with Crippen molar-refractivity contribution in [3.05, 3.63) is 47.4 Å². The highest BCUT2D eigenvalue weighted by atomic mass is 35.5. The van der Waals surface area contributed by atoms with Crippen LogP contribution in [0.4, 0.5) is 11.5 Å². The number of nitrogens with zero attached hydrogens (tertiary/aromatic N) is 2. The molecule has 0 aromatic carbocycles. The van der Waals surface area contributed by atoms with Gasteiger partial charge in [-0.2, -0.15) is 0 Å². The van der Waals surface area contributed by atoms with Crippen molar-refractivity contribution in [3.63, 3.8) is 0 Å². The van der Waals surface area contributed by atoms with E-state index in [9.17, 15) is 4.79 Å². The van der Waals surface area contributed by atoms with E-state index in [1.807, 2.05) is 0 Å². The Labute approximate surface area is 108 Å². The van der Waals surface area contributed by atoms with Crippen LogP contribution in [-0.4, -0.2) is 15.9 Å².